The summed E-state index contributed by atoms with van der Waals surface area (Å²) in [5.41, 5.74) is 7.27. The molecular formula is C11H14N2O2. The first-order chi connectivity index (χ1) is 7.20. The Hall–Kier alpha value is -1.55. The zero-order chi connectivity index (χ0) is 11.0. The highest BCUT2D eigenvalue weighted by Gasteiger charge is 2.35. The van der Waals surface area contributed by atoms with E-state index in [-0.39, 0.29) is 11.9 Å². The molecule has 1 heterocycles. The molecule has 4 heteroatoms. The number of carbonyl (C=O) groups excluding carboxylic acids is 1. The van der Waals surface area contributed by atoms with Crippen LogP contribution < -0.4 is 10.5 Å². The monoisotopic (exact) mass is 206 g/mol. The molecule has 2 N–H and O–H groups in total. The molecule has 1 aliphatic rings. The minimum absolute atomic E-state index is 0.0158. The van der Waals surface area contributed by atoms with Gasteiger partial charge in [-0.05, 0) is 11.6 Å². The van der Waals surface area contributed by atoms with E-state index in [0.29, 0.717) is 17.9 Å². The summed E-state index contributed by atoms with van der Waals surface area (Å²) < 4.78 is 5.18. The number of nitrogens with two attached hydrogens (primary N) is 1. The third kappa shape index (κ3) is 1.29. The predicted octanol–water partition coefficient (Wildman–Crippen LogP) is 0.781. The highest BCUT2D eigenvalue weighted by molar-refractivity contribution is 6.01. The lowest BCUT2D eigenvalue weighted by Crippen LogP contribution is -2.28. The highest BCUT2D eigenvalue weighted by Crippen LogP contribution is 2.36. The maximum absolute atomic E-state index is 11.9. The van der Waals surface area contributed by atoms with Gasteiger partial charge < -0.3 is 15.4 Å². The minimum atomic E-state index is -0.0254. The van der Waals surface area contributed by atoms with Crippen LogP contribution >= 0.6 is 0 Å². The number of benzene rings is 1. The third-order valence-corrected chi connectivity index (χ3v) is 2.86. The molecule has 0 spiro atoms. The zero-order valence-electron chi connectivity index (χ0n) is 8.86. The molecular weight excluding hydrogens is 192 g/mol. The summed E-state index contributed by atoms with van der Waals surface area (Å²) in [6.45, 7) is 0.433. The lowest BCUT2D eigenvalue weighted by Gasteiger charge is -2.18. The van der Waals surface area contributed by atoms with Crippen molar-refractivity contribution < 1.29 is 9.53 Å². The summed E-state index contributed by atoms with van der Waals surface area (Å²) >= 11 is 0. The van der Waals surface area contributed by atoms with Crippen LogP contribution in [-0.2, 0) is 0 Å². The molecule has 2 rings (SSSR count). The molecule has 0 aliphatic carbocycles. The molecule has 0 radical (unpaired) electrons. The Kier molecular flexibility index (Phi) is 2.36. The maximum atomic E-state index is 11.9. The summed E-state index contributed by atoms with van der Waals surface area (Å²) in [6, 6.07) is 5.58. The average molecular weight is 206 g/mol. The molecule has 1 atom stereocenters. The van der Waals surface area contributed by atoms with E-state index in [1.54, 1.807) is 25.1 Å². The van der Waals surface area contributed by atoms with Gasteiger partial charge in [-0.2, -0.15) is 0 Å². The molecule has 0 unspecified atom stereocenters. The quantitative estimate of drug-likeness (QED) is 0.778. The van der Waals surface area contributed by atoms with Crippen LogP contribution in [0.5, 0.6) is 5.75 Å². The van der Waals surface area contributed by atoms with Gasteiger partial charge in [0, 0.05) is 13.6 Å². The minimum Gasteiger partial charge on any atom is -0.496 e. The van der Waals surface area contributed by atoms with Crippen LogP contribution in [0.3, 0.4) is 0 Å². The Morgan fingerprint density at radius 2 is 2.27 bits per heavy atom. The molecule has 80 valence electrons. The van der Waals surface area contributed by atoms with Gasteiger partial charge in [-0.15, -0.1) is 0 Å². The summed E-state index contributed by atoms with van der Waals surface area (Å²) in [5, 5.41) is 0. The first-order valence-corrected chi connectivity index (χ1v) is 4.84. The lowest BCUT2D eigenvalue weighted by molar-refractivity contribution is 0.0776. The molecule has 1 aliphatic heterocycles. The van der Waals surface area contributed by atoms with Crippen LogP contribution in [0.15, 0.2) is 18.2 Å². The normalized spacial score (nSPS) is 19.3. The number of carbonyl (C=O) groups is 1. The van der Waals surface area contributed by atoms with Crippen molar-refractivity contribution in [2.24, 2.45) is 5.73 Å². The number of nitrogens with zero attached hydrogens (tertiary/aromatic N) is 1. The van der Waals surface area contributed by atoms with Crippen molar-refractivity contribution >= 4 is 5.91 Å². The molecule has 0 aromatic heterocycles. The van der Waals surface area contributed by atoms with Gasteiger partial charge >= 0.3 is 0 Å². The lowest BCUT2D eigenvalue weighted by atomic mass is 10.0. The summed E-state index contributed by atoms with van der Waals surface area (Å²) in [4.78, 5) is 13.6. The van der Waals surface area contributed by atoms with E-state index in [2.05, 4.69) is 0 Å². The van der Waals surface area contributed by atoms with Crippen LogP contribution in [0.2, 0.25) is 0 Å². The number of methoxy groups -OCH3 is 1. The van der Waals surface area contributed by atoms with Gasteiger partial charge in [0.15, 0.2) is 0 Å². The van der Waals surface area contributed by atoms with Crippen LogP contribution in [-0.4, -0.2) is 31.5 Å². The van der Waals surface area contributed by atoms with E-state index in [1.165, 1.54) is 0 Å². The molecule has 1 aromatic rings. The molecule has 4 nitrogen and oxygen atoms in total. The molecule has 0 saturated heterocycles. The topological polar surface area (TPSA) is 55.6 Å². The molecule has 15 heavy (non-hydrogen) atoms. The van der Waals surface area contributed by atoms with Gasteiger partial charge in [-0.1, -0.05) is 12.1 Å². The number of amides is 1. The van der Waals surface area contributed by atoms with Crippen molar-refractivity contribution in [3.05, 3.63) is 29.3 Å². The summed E-state index contributed by atoms with van der Waals surface area (Å²) in [6.07, 6.45) is 0. The summed E-state index contributed by atoms with van der Waals surface area (Å²) in [7, 11) is 3.33. The molecule has 0 bridgehead atoms. The molecule has 0 fully saturated rings. The average Bonchev–Trinajstić information content (AvgIpc) is 2.51. The van der Waals surface area contributed by atoms with E-state index in [1.807, 2.05) is 12.1 Å². The third-order valence-electron chi connectivity index (χ3n) is 2.86. The van der Waals surface area contributed by atoms with E-state index in [4.69, 9.17) is 10.5 Å². The van der Waals surface area contributed by atoms with Crippen LogP contribution in [0, 0.1) is 0 Å². The van der Waals surface area contributed by atoms with Crippen LogP contribution in [0.25, 0.3) is 0 Å². The number of ether oxygens (including phenoxy) is 1. The highest BCUT2D eigenvalue weighted by atomic mass is 16.5. The second kappa shape index (κ2) is 3.55. The maximum Gasteiger partial charge on any atom is 0.258 e. The Bertz CT molecular complexity index is 404. The van der Waals surface area contributed by atoms with E-state index >= 15 is 0 Å². The standard InChI is InChI=1S/C11H14N2O2/c1-13-8(6-12)7-4-3-5-9(15-2)10(7)11(13)14/h3-5,8H,6,12H2,1-2H3/t8-/m1/s1. The Morgan fingerprint density at radius 3 is 2.87 bits per heavy atom. The molecule has 1 aromatic carbocycles. The fourth-order valence-electron chi connectivity index (χ4n) is 2.04. The Morgan fingerprint density at radius 1 is 1.53 bits per heavy atom. The van der Waals surface area contributed by atoms with Gasteiger partial charge in [0.05, 0.1) is 18.7 Å². The van der Waals surface area contributed by atoms with Crippen molar-refractivity contribution in [1.82, 2.24) is 4.90 Å². The first kappa shape index (κ1) is 9.98. The van der Waals surface area contributed by atoms with Crippen LogP contribution in [0.1, 0.15) is 22.0 Å². The SMILES string of the molecule is COc1cccc2c1C(=O)N(C)[C@@H]2CN. The number of likely N-dealkylation sites (N-methyl/N-ethyl adjacent to an activating group) is 1. The first-order valence-electron chi connectivity index (χ1n) is 4.84. The summed E-state index contributed by atoms with van der Waals surface area (Å²) in [5.74, 6) is 0.609. The number of hydrogen-bond donors (Lipinski definition) is 1. The molecule has 0 saturated carbocycles. The van der Waals surface area contributed by atoms with Gasteiger partial charge in [0.25, 0.3) is 5.91 Å². The number of hydrogen-bond acceptors (Lipinski definition) is 3. The van der Waals surface area contributed by atoms with Crippen molar-refractivity contribution in [3.8, 4) is 5.75 Å². The van der Waals surface area contributed by atoms with Crippen molar-refractivity contribution in [1.29, 1.82) is 0 Å². The Balaban J connectivity index is 2.59. The van der Waals surface area contributed by atoms with Gasteiger partial charge in [0.1, 0.15) is 5.75 Å². The van der Waals surface area contributed by atoms with Crippen molar-refractivity contribution in [3.63, 3.8) is 0 Å². The number of rotatable bonds is 2. The zero-order valence-corrected chi connectivity index (χ0v) is 8.86. The molecule has 1 amide bonds. The second-order valence-electron chi connectivity index (χ2n) is 3.59. The van der Waals surface area contributed by atoms with E-state index in [9.17, 15) is 4.79 Å². The van der Waals surface area contributed by atoms with Gasteiger partial charge in [-0.25, -0.2) is 0 Å². The van der Waals surface area contributed by atoms with Crippen molar-refractivity contribution in [2.75, 3.05) is 20.7 Å². The van der Waals surface area contributed by atoms with E-state index < -0.39 is 0 Å². The number of fused-ring (bicyclic) bond motifs is 1. The van der Waals surface area contributed by atoms with Gasteiger partial charge in [-0.3, -0.25) is 4.79 Å². The largest absolute Gasteiger partial charge is 0.496 e. The van der Waals surface area contributed by atoms with E-state index in [0.717, 1.165) is 5.56 Å². The second-order valence-corrected chi connectivity index (χ2v) is 3.59. The fraction of sp³-hybridized carbons (Fsp3) is 0.364. The smallest absolute Gasteiger partial charge is 0.258 e. The van der Waals surface area contributed by atoms with Gasteiger partial charge in [0.2, 0.25) is 0 Å². The van der Waals surface area contributed by atoms with Crippen molar-refractivity contribution in [2.45, 2.75) is 6.04 Å². The van der Waals surface area contributed by atoms with Crippen LogP contribution in [0.4, 0.5) is 0 Å². The Labute approximate surface area is 88.6 Å². The predicted molar refractivity (Wildman–Crippen MR) is 56.9 cm³/mol. The fourth-order valence-corrected chi connectivity index (χ4v) is 2.04.